The summed E-state index contributed by atoms with van der Waals surface area (Å²) in [7, 11) is 8.76. The highest BCUT2D eigenvalue weighted by atomic mass is 16.5. The SMILES string of the molecule is COc1cc(NC(=O)n2cc(-c3ccc(O)cc3)n(-c3cc(OC)c(OC)c(OC)c3)c2=O)cc(OC)c1OC. The van der Waals surface area contributed by atoms with Gasteiger partial charge in [0.15, 0.2) is 23.0 Å². The topological polar surface area (TPSA) is 132 Å². The quantitative estimate of drug-likeness (QED) is 0.315. The summed E-state index contributed by atoms with van der Waals surface area (Å²) >= 11 is 0. The molecule has 0 saturated heterocycles. The summed E-state index contributed by atoms with van der Waals surface area (Å²) in [5.41, 5.74) is 0.893. The van der Waals surface area contributed by atoms with Gasteiger partial charge in [-0.2, -0.15) is 0 Å². The normalized spacial score (nSPS) is 10.6. The second-order valence-corrected chi connectivity index (χ2v) is 8.28. The Kier molecular flexibility index (Phi) is 8.08. The largest absolute Gasteiger partial charge is 0.508 e. The van der Waals surface area contributed by atoms with E-state index in [9.17, 15) is 14.7 Å². The summed E-state index contributed by atoms with van der Waals surface area (Å²) in [5.74, 6) is 2.01. The number of carbonyl (C=O) groups excluding carboxylic acids is 1. The van der Waals surface area contributed by atoms with Crippen LogP contribution in [-0.4, -0.2) is 62.9 Å². The van der Waals surface area contributed by atoms with Crippen molar-refractivity contribution in [3.8, 4) is 57.2 Å². The van der Waals surface area contributed by atoms with Crippen LogP contribution < -0.4 is 39.4 Å². The lowest BCUT2D eigenvalue weighted by Crippen LogP contribution is -2.31. The van der Waals surface area contributed by atoms with Gasteiger partial charge < -0.3 is 38.8 Å². The van der Waals surface area contributed by atoms with Gasteiger partial charge in [0.2, 0.25) is 11.5 Å². The molecule has 0 bridgehead atoms. The van der Waals surface area contributed by atoms with Crippen molar-refractivity contribution >= 4 is 11.7 Å². The van der Waals surface area contributed by atoms with Crippen LogP contribution >= 0.6 is 0 Å². The molecule has 0 aliphatic rings. The number of nitrogens with zero attached hydrogens (tertiary/aromatic N) is 2. The van der Waals surface area contributed by atoms with Crippen LogP contribution in [0.1, 0.15) is 0 Å². The summed E-state index contributed by atoms with van der Waals surface area (Å²) < 4.78 is 34.6. The molecule has 0 atom stereocenters. The molecule has 4 rings (SSSR count). The number of nitrogens with one attached hydrogen (secondary N) is 1. The van der Waals surface area contributed by atoms with Gasteiger partial charge in [0.05, 0.1) is 59.7 Å². The maximum atomic E-state index is 13.8. The van der Waals surface area contributed by atoms with E-state index in [1.54, 1.807) is 36.4 Å². The van der Waals surface area contributed by atoms with Gasteiger partial charge in [0, 0.05) is 36.0 Å². The molecule has 40 heavy (non-hydrogen) atoms. The first-order chi connectivity index (χ1) is 19.3. The fourth-order valence-corrected chi connectivity index (χ4v) is 4.21. The fraction of sp³-hybridized carbons (Fsp3) is 0.214. The van der Waals surface area contributed by atoms with Gasteiger partial charge in [-0.25, -0.2) is 14.2 Å². The summed E-state index contributed by atoms with van der Waals surface area (Å²) in [4.78, 5) is 27.2. The molecule has 1 amide bonds. The van der Waals surface area contributed by atoms with Crippen LogP contribution in [0, 0.1) is 0 Å². The number of carbonyl (C=O) groups is 1. The van der Waals surface area contributed by atoms with E-state index in [0.717, 1.165) is 4.57 Å². The van der Waals surface area contributed by atoms with Gasteiger partial charge in [-0.1, -0.05) is 0 Å². The third kappa shape index (κ3) is 5.06. The van der Waals surface area contributed by atoms with Gasteiger partial charge in [-0.15, -0.1) is 0 Å². The average molecular weight is 552 g/mol. The third-order valence-electron chi connectivity index (χ3n) is 6.10. The second kappa shape index (κ2) is 11.6. The Bertz CT molecular complexity index is 1540. The molecule has 0 unspecified atom stereocenters. The van der Waals surface area contributed by atoms with Crippen molar-refractivity contribution in [1.82, 2.24) is 9.13 Å². The molecule has 0 aliphatic carbocycles. The van der Waals surface area contributed by atoms with Crippen molar-refractivity contribution < 1.29 is 38.3 Å². The Labute approximate surface area is 229 Å². The van der Waals surface area contributed by atoms with Crippen molar-refractivity contribution in [2.75, 3.05) is 48.0 Å². The molecule has 4 aromatic rings. The monoisotopic (exact) mass is 551 g/mol. The zero-order valence-corrected chi connectivity index (χ0v) is 22.8. The summed E-state index contributed by atoms with van der Waals surface area (Å²) in [5, 5.41) is 12.5. The van der Waals surface area contributed by atoms with Crippen LogP contribution in [0.4, 0.5) is 10.5 Å². The van der Waals surface area contributed by atoms with Gasteiger partial charge in [0.25, 0.3) is 0 Å². The number of hydrogen-bond acceptors (Lipinski definition) is 9. The van der Waals surface area contributed by atoms with E-state index in [-0.39, 0.29) is 5.75 Å². The van der Waals surface area contributed by atoms with Gasteiger partial charge in [-0.3, -0.25) is 4.57 Å². The van der Waals surface area contributed by atoms with E-state index in [1.807, 2.05) is 0 Å². The smallest absolute Gasteiger partial charge is 0.341 e. The van der Waals surface area contributed by atoms with Crippen LogP contribution in [0.2, 0.25) is 0 Å². The lowest BCUT2D eigenvalue weighted by Gasteiger charge is -2.15. The molecule has 2 N–H and O–H groups in total. The predicted octanol–water partition coefficient (Wildman–Crippen LogP) is 4.14. The Morgan fingerprint density at radius 2 is 1.20 bits per heavy atom. The minimum Gasteiger partial charge on any atom is -0.508 e. The number of rotatable bonds is 9. The molecule has 0 spiro atoms. The molecule has 1 heterocycles. The lowest BCUT2D eigenvalue weighted by molar-refractivity contribution is 0.252. The lowest BCUT2D eigenvalue weighted by atomic mass is 10.1. The minimum atomic E-state index is -0.745. The highest BCUT2D eigenvalue weighted by Gasteiger charge is 2.23. The third-order valence-corrected chi connectivity index (χ3v) is 6.10. The summed E-state index contributed by atoms with van der Waals surface area (Å²) in [6.07, 6.45) is 1.39. The average Bonchev–Trinajstić information content (AvgIpc) is 3.32. The number of anilines is 1. The Morgan fingerprint density at radius 1 is 0.725 bits per heavy atom. The van der Waals surface area contributed by atoms with Crippen LogP contribution in [-0.2, 0) is 0 Å². The minimum absolute atomic E-state index is 0.0463. The molecule has 1 aromatic heterocycles. The molecule has 0 saturated carbocycles. The van der Waals surface area contributed by atoms with E-state index in [1.165, 1.54) is 65.6 Å². The number of aromatic hydroxyl groups is 1. The Hall–Kier alpha value is -5.26. The fourth-order valence-electron chi connectivity index (χ4n) is 4.21. The molecular formula is C28H29N3O9. The molecule has 3 aromatic carbocycles. The van der Waals surface area contributed by atoms with E-state index < -0.39 is 11.7 Å². The maximum Gasteiger partial charge on any atom is 0.341 e. The number of aromatic nitrogens is 2. The molecule has 0 fully saturated rings. The van der Waals surface area contributed by atoms with Crippen LogP contribution in [0.5, 0.6) is 40.2 Å². The van der Waals surface area contributed by atoms with Gasteiger partial charge >= 0.3 is 11.7 Å². The number of methoxy groups -OCH3 is 6. The first-order valence-electron chi connectivity index (χ1n) is 11.9. The van der Waals surface area contributed by atoms with Gasteiger partial charge in [-0.05, 0) is 24.3 Å². The first kappa shape index (κ1) is 27.8. The number of hydrogen-bond donors (Lipinski definition) is 2. The van der Waals surface area contributed by atoms with E-state index >= 15 is 0 Å². The first-order valence-corrected chi connectivity index (χ1v) is 11.9. The Morgan fingerprint density at radius 3 is 1.65 bits per heavy atom. The molecule has 0 radical (unpaired) electrons. The number of phenols is 1. The molecule has 0 aliphatic heterocycles. The zero-order valence-electron chi connectivity index (χ0n) is 22.8. The van der Waals surface area contributed by atoms with Gasteiger partial charge in [0.1, 0.15) is 5.75 Å². The Balaban J connectivity index is 1.88. The summed E-state index contributed by atoms with van der Waals surface area (Å²) in [6.45, 7) is 0. The van der Waals surface area contributed by atoms with E-state index in [0.29, 0.717) is 57.1 Å². The highest BCUT2D eigenvalue weighted by Crippen LogP contribution is 2.41. The van der Waals surface area contributed by atoms with E-state index in [4.69, 9.17) is 28.4 Å². The van der Waals surface area contributed by atoms with E-state index in [2.05, 4.69) is 5.32 Å². The number of imidazole rings is 1. The molecule has 210 valence electrons. The van der Waals surface area contributed by atoms with Crippen LogP contribution in [0.15, 0.2) is 59.5 Å². The number of phenolic OH excluding ortho intramolecular Hbond substituents is 1. The molecule has 12 heteroatoms. The maximum absolute atomic E-state index is 13.8. The van der Waals surface area contributed by atoms with Crippen molar-refractivity contribution in [1.29, 1.82) is 0 Å². The highest BCUT2D eigenvalue weighted by molar-refractivity contribution is 5.92. The number of amides is 1. The van der Waals surface area contributed by atoms with Crippen molar-refractivity contribution in [3.05, 3.63) is 65.2 Å². The number of benzene rings is 3. The predicted molar refractivity (Wildman–Crippen MR) is 147 cm³/mol. The number of ether oxygens (including phenoxy) is 6. The van der Waals surface area contributed by atoms with Crippen molar-refractivity contribution in [2.24, 2.45) is 0 Å². The van der Waals surface area contributed by atoms with Crippen molar-refractivity contribution in [3.63, 3.8) is 0 Å². The second-order valence-electron chi connectivity index (χ2n) is 8.28. The zero-order chi connectivity index (χ0) is 29.0. The van der Waals surface area contributed by atoms with Crippen LogP contribution in [0.3, 0.4) is 0 Å². The standard InChI is InChI=1S/C28H29N3O9/c1-35-21-11-17(12-22(36-2)25(21)39-5)29-27(33)30-15-20(16-7-9-19(32)10-8-16)31(28(30)34)18-13-23(37-3)26(40-6)24(14-18)38-4/h7-15,32H,1-6H3,(H,29,33). The summed E-state index contributed by atoms with van der Waals surface area (Å²) in [6, 6.07) is 11.7. The molecular weight excluding hydrogens is 522 g/mol. The molecule has 12 nitrogen and oxygen atoms in total. The van der Waals surface area contributed by atoms with Crippen LogP contribution in [0.25, 0.3) is 16.9 Å². The van der Waals surface area contributed by atoms with Crippen molar-refractivity contribution in [2.45, 2.75) is 0 Å².